The van der Waals surface area contributed by atoms with Crippen LogP contribution >= 0.6 is 11.8 Å². The van der Waals surface area contributed by atoms with Crippen molar-refractivity contribution < 1.29 is 8.78 Å². The summed E-state index contributed by atoms with van der Waals surface area (Å²) in [6, 6.07) is 0. The van der Waals surface area contributed by atoms with Gasteiger partial charge in [-0.1, -0.05) is 0 Å². The van der Waals surface area contributed by atoms with E-state index < -0.39 is 5.92 Å². The second-order valence-corrected chi connectivity index (χ2v) is 4.55. The van der Waals surface area contributed by atoms with E-state index in [1.807, 2.05) is 0 Å². The molecular formula is C6H9F2NS. The molecule has 10 heavy (non-hydrogen) atoms. The lowest BCUT2D eigenvalue weighted by atomic mass is 9.95. The molecule has 1 spiro atoms. The average Bonchev–Trinajstić information content (AvgIpc) is 2.04. The Labute approximate surface area is 62.6 Å². The molecule has 0 aromatic heterocycles. The zero-order chi connectivity index (χ0) is 7.24. The van der Waals surface area contributed by atoms with Crippen LogP contribution in [-0.2, 0) is 0 Å². The highest BCUT2D eigenvalue weighted by molar-refractivity contribution is 8.01. The monoisotopic (exact) mass is 165 g/mol. The maximum Gasteiger partial charge on any atom is 0.258 e. The Morgan fingerprint density at radius 3 is 2.20 bits per heavy atom. The van der Waals surface area contributed by atoms with Crippen LogP contribution in [0.2, 0.25) is 0 Å². The summed E-state index contributed by atoms with van der Waals surface area (Å²) >= 11 is 1.43. The summed E-state index contributed by atoms with van der Waals surface area (Å²) in [5.74, 6) is -2.37. The molecule has 0 aromatic carbocycles. The van der Waals surface area contributed by atoms with E-state index in [1.165, 1.54) is 11.8 Å². The first-order valence-corrected chi connectivity index (χ1v) is 4.33. The molecule has 2 fully saturated rings. The van der Waals surface area contributed by atoms with E-state index in [4.69, 9.17) is 0 Å². The van der Waals surface area contributed by atoms with Gasteiger partial charge in [0.05, 0.1) is 5.75 Å². The molecule has 0 aromatic rings. The highest BCUT2D eigenvalue weighted by Gasteiger charge is 2.53. The molecule has 1 N–H and O–H groups in total. The van der Waals surface area contributed by atoms with Crippen molar-refractivity contribution in [1.82, 2.24) is 5.32 Å². The summed E-state index contributed by atoms with van der Waals surface area (Å²) in [7, 11) is 0. The molecule has 4 heteroatoms. The van der Waals surface area contributed by atoms with Crippen molar-refractivity contribution in [1.29, 1.82) is 0 Å². The summed E-state index contributed by atoms with van der Waals surface area (Å²) in [6.45, 7) is 1.54. The van der Waals surface area contributed by atoms with Crippen LogP contribution in [0, 0.1) is 0 Å². The van der Waals surface area contributed by atoms with Gasteiger partial charge in [-0.25, -0.2) is 8.78 Å². The van der Waals surface area contributed by atoms with Crippen LogP contribution in [0.4, 0.5) is 8.78 Å². The number of rotatable bonds is 0. The van der Waals surface area contributed by atoms with Gasteiger partial charge in [0.2, 0.25) is 0 Å². The molecule has 2 heterocycles. The van der Waals surface area contributed by atoms with Crippen molar-refractivity contribution in [3.05, 3.63) is 0 Å². The number of thioether (sulfide) groups is 1. The van der Waals surface area contributed by atoms with E-state index in [0.717, 1.165) is 13.1 Å². The van der Waals surface area contributed by atoms with Crippen LogP contribution in [-0.4, -0.2) is 29.5 Å². The van der Waals surface area contributed by atoms with E-state index >= 15 is 0 Å². The van der Waals surface area contributed by atoms with Gasteiger partial charge < -0.3 is 5.32 Å². The SMILES string of the molecule is FC1(F)CSC2(CNC2)C1. The van der Waals surface area contributed by atoms with Crippen LogP contribution in [0.1, 0.15) is 6.42 Å². The first kappa shape index (κ1) is 6.85. The standard InChI is InChI=1S/C6H9F2NS/c7-6(8)1-5(10-4-6)2-9-3-5/h9H,1-4H2. The molecule has 0 saturated carbocycles. The van der Waals surface area contributed by atoms with Gasteiger partial charge in [-0.2, -0.15) is 0 Å². The number of hydrogen-bond donors (Lipinski definition) is 1. The molecule has 0 atom stereocenters. The molecule has 0 amide bonds. The molecular weight excluding hydrogens is 156 g/mol. The summed E-state index contributed by atoms with van der Waals surface area (Å²) in [5.41, 5.74) is 0. The molecule has 2 rings (SSSR count). The number of alkyl halides is 2. The van der Waals surface area contributed by atoms with E-state index in [2.05, 4.69) is 5.32 Å². The minimum absolute atomic E-state index is 0.0225. The highest BCUT2D eigenvalue weighted by Crippen LogP contribution is 2.48. The predicted octanol–water partition coefficient (Wildman–Crippen LogP) is 1.10. The van der Waals surface area contributed by atoms with E-state index in [0.29, 0.717) is 0 Å². The Kier molecular flexibility index (Phi) is 1.27. The second kappa shape index (κ2) is 1.85. The van der Waals surface area contributed by atoms with E-state index in [-0.39, 0.29) is 16.9 Å². The van der Waals surface area contributed by atoms with Gasteiger partial charge in [0.15, 0.2) is 0 Å². The molecule has 2 saturated heterocycles. The largest absolute Gasteiger partial charge is 0.314 e. The van der Waals surface area contributed by atoms with Crippen molar-refractivity contribution in [2.45, 2.75) is 17.1 Å². The van der Waals surface area contributed by atoms with Crippen LogP contribution in [0.3, 0.4) is 0 Å². The summed E-state index contributed by atoms with van der Waals surface area (Å²) < 4.78 is 25.1. The summed E-state index contributed by atoms with van der Waals surface area (Å²) in [6.07, 6.45) is 0.0810. The lowest BCUT2D eigenvalue weighted by Crippen LogP contribution is -2.56. The van der Waals surface area contributed by atoms with Crippen LogP contribution in [0.15, 0.2) is 0 Å². The van der Waals surface area contributed by atoms with Crippen LogP contribution < -0.4 is 5.32 Å². The Bertz CT molecular complexity index is 156. The van der Waals surface area contributed by atoms with Crippen molar-refractivity contribution in [3.63, 3.8) is 0 Å². The zero-order valence-electron chi connectivity index (χ0n) is 5.49. The Morgan fingerprint density at radius 2 is 2.00 bits per heavy atom. The van der Waals surface area contributed by atoms with Crippen LogP contribution in [0.25, 0.3) is 0 Å². The van der Waals surface area contributed by atoms with Gasteiger partial charge in [0.1, 0.15) is 0 Å². The molecule has 0 aliphatic carbocycles. The third-order valence-corrected chi connectivity index (χ3v) is 3.68. The number of nitrogens with one attached hydrogen (secondary N) is 1. The molecule has 0 bridgehead atoms. The lowest BCUT2D eigenvalue weighted by molar-refractivity contribution is 0.0122. The number of halogens is 2. The van der Waals surface area contributed by atoms with Gasteiger partial charge in [-0.3, -0.25) is 0 Å². The Balaban J connectivity index is 2.05. The first-order chi connectivity index (χ1) is 4.62. The molecule has 2 aliphatic rings. The zero-order valence-corrected chi connectivity index (χ0v) is 6.31. The average molecular weight is 165 g/mol. The molecule has 0 unspecified atom stereocenters. The van der Waals surface area contributed by atoms with Crippen molar-refractivity contribution in [3.8, 4) is 0 Å². The van der Waals surface area contributed by atoms with Gasteiger partial charge in [-0.15, -0.1) is 11.8 Å². The molecule has 2 aliphatic heterocycles. The minimum atomic E-state index is -2.40. The fraction of sp³-hybridized carbons (Fsp3) is 1.00. The molecule has 1 nitrogen and oxygen atoms in total. The Hall–Kier alpha value is 0.170. The fourth-order valence-electron chi connectivity index (χ4n) is 1.46. The maximum atomic E-state index is 12.6. The van der Waals surface area contributed by atoms with E-state index in [9.17, 15) is 8.78 Å². The van der Waals surface area contributed by atoms with Crippen LogP contribution in [0.5, 0.6) is 0 Å². The molecule has 58 valence electrons. The number of hydrogen-bond acceptors (Lipinski definition) is 2. The second-order valence-electron chi connectivity index (χ2n) is 3.11. The first-order valence-electron chi connectivity index (χ1n) is 3.35. The normalized spacial score (nSPS) is 34.2. The van der Waals surface area contributed by atoms with Gasteiger partial charge in [-0.05, 0) is 0 Å². The van der Waals surface area contributed by atoms with Crippen molar-refractivity contribution in [2.75, 3.05) is 18.8 Å². The lowest BCUT2D eigenvalue weighted by Gasteiger charge is -2.37. The van der Waals surface area contributed by atoms with Crippen molar-refractivity contribution >= 4 is 11.8 Å². The minimum Gasteiger partial charge on any atom is -0.314 e. The molecule has 0 radical (unpaired) electrons. The fourth-order valence-corrected chi connectivity index (χ4v) is 2.80. The third-order valence-electron chi connectivity index (χ3n) is 2.06. The quantitative estimate of drug-likeness (QED) is 0.577. The van der Waals surface area contributed by atoms with E-state index in [1.54, 1.807) is 0 Å². The smallest absolute Gasteiger partial charge is 0.258 e. The summed E-state index contributed by atoms with van der Waals surface area (Å²) in [4.78, 5) is 0. The maximum absolute atomic E-state index is 12.6. The van der Waals surface area contributed by atoms with Gasteiger partial charge in [0.25, 0.3) is 5.92 Å². The highest BCUT2D eigenvalue weighted by atomic mass is 32.2. The van der Waals surface area contributed by atoms with Gasteiger partial charge >= 0.3 is 0 Å². The topological polar surface area (TPSA) is 12.0 Å². The van der Waals surface area contributed by atoms with Gasteiger partial charge in [0, 0.05) is 24.3 Å². The predicted molar refractivity (Wildman–Crippen MR) is 37.6 cm³/mol. The Morgan fingerprint density at radius 1 is 1.30 bits per heavy atom. The van der Waals surface area contributed by atoms with Crippen molar-refractivity contribution in [2.24, 2.45) is 0 Å². The third kappa shape index (κ3) is 0.937. The summed E-state index contributed by atoms with van der Waals surface area (Å²) in [5, 5.41) is 3.03.